The average molecular weight is 302 g/mol. The van der Waals surface area contributed by atoms with Crippen LogP contribution < -0.4 is 5.73 Å². The van der Waals surface area contributed by atoms with Gasteiger partial charge in [0, 0.05) is 0 Å². The maximum atomic E-state index is 10.6. The summed E-state index contributed by atoms with van der Waals surface area (Å²) in [6.45, 7) is 2.21. The van der Waals surface area contributed by atoms with E-state index in [1.807, 2.05) is 0 Å². The molecule has 4 nitrogen and oxygen atoms in total. The predicted molar refractivity (Wildman–Crippen MR) is 80.9 cm³/mol. The third-order valence-corrected chi connectivity index (χ3v) is 4.15. The van der Waals surface area contributed by atoms with Gasteiger partial charge in [-0.2, -0.15) is 0 Å². The van der Waals surface area contributed by atoms with Gasteiger partial charge in [-0.25, -0.2) is 9.97 Å². The van der Waals surface area contributed by atoms with Gasteiger partial charge in [-0.1, -0.05) is 50.6 Å². The molecule has 0 radical (unpaired) electrons. The molecule has 0 fully saturated rings. The molecular formula is C13H20ClN3OS. The van der Waals surface area contributed by atoms with E-state index in [9.17, 15) is 4.79 Å². The Labute approximate surface area is 123 Å². The summed E-state index contributed by atoms with van der Waals surface area (Å²) in [4.78, 5) is 18.7. The zero-order chi connectivity index (χ0) is 14.1. The smallest absolute Gasteiger partial charge is 0.172 e. The Hall–Kier alpha value is -0.810. The highest BCUT2D eigenvalue weighted by Gasteiger charge is 2.09. The number of anilines is 1. The van der Waals surface area contributed by atoms with Crippen LogP contribution in [0.25, 0.3) is 0 Å². The largest absolute Gasteiger partial charge is 0.382 e. The third kappa shape index (κ3) is 5.78. The van der Waals surface area contributed by atoms with Gasteiger partial charge in [-0.3, -0.25) is 4.79 Å². The first-order chi connectivity index (χ1) is 9.19. The van der Waals surface area contributed by atoms with E-state index in [0.717, 1.165) is 12.2 Å². The SMILES string of the molecule is CCCCCCCCSc1nc(N)c(C=O)nc1Cl. The van der Waals surface area contributed by atoms with E-state index in [4.69, 9.17) is 17.3 Å². The van der Waals surface area contributed by atoms with Gasteiger partial charge in [0.1, 0.15) is 10.7 Å². The maximum Gasteiger partial charge on any atom is 0.172 e. The van der Waals surface area contributed by atoms with Crippen LogP contribution in [0.2, 0.25) is 5.15 Å². The van der Waals surface area contributed by atoms with Crippen molar-refractivity contribution in [3.8, 4) is 0 Å². The summed E-state index contributed by atoms with van der Waals surface area (Å²) >= 11 is 7.50. The third-order valence-electron chi connectivity index (χ3n) is 2.73. The number of nitrogens with zero attached hydrogens (tertiary/aromatic N) is 2. The number of carbonyl (C=O) groups excluding carboxylic acids is 1. The van der Waals surface area contributed by atoms with Gasteiger partial charge < -0.3 is 5.73 Å². The summed E-state index contributed by atoms with van der Waals surface area (Å²) in [5, 5.41) is 0.866. The van der Waals surface area contributed by atoms with Crippen molar-refractivity contribution in [2.24, 2.45) is 0 Å². The lowest BCUT2D eigenvalue weighted by molar-refractivity contribution is 0.111. The van der Waals surface area contributed by atoms with Crippen molar-refractivity contribution in [2.75, 3.05) is 11.5 Å². The number of carbonyl (C=O) groups is 1. The molecule has 1 aromatic rings. The van der Waals surface area contributed by atoms with E-state index in [2.05, 4.69) is 16.9 Å². The summed E-state index contributed by atoms with van der Waals surface area (Å²) in [6.07, 6.45) is 8.08. The van der Waals surface area contributed by atoms with Crippen LogP contribution in [-0.4, -0.2) is 22.0 Å². The van der Waals surface area contributed by atoms with Gasteiger partial charge in [-0.15, -0.1) is 11.8 Å². The molecule has 0 saturated carbocycles. The zero-order valence-electron chi connectivity index (χ0n) is 11.2. The van der Waals surface area contributed by atoms with E-state index in [1.54, 1.807) is 11.8 Å². The van der Waals surface area contributed by atoms with Crippen LogP contribution >= 0.6 is 23.4 Å². The quantitative estimate of drug-likeness (QED) is 0.424. The van der Waals surface area contributed by atoms with Crippen molar-refractivity contribution < 1.29 is 4.79 Å². The van der Waals surface area contributed by atoms with Gasteiger partial charge in [0.05, 0.1) is 0 Å². The molecule has 0 aliphatic heterocycles. The number of rotatable bonds is 9. The molecule has 0 bridgehead atoms. The number of halogens is 1. The summed E-state index contributed by atoms with van der Waals surface area (Å²) in [6, 6.07) is 0. The Balaban J connectivity index is 2.33. The standard InChI is InChI=1S/C13H20ClN3OS/c1-2-3-4-5-6-7-8-19-13-11(14)16-10(9-18)12(15)17-13/h9H,2-8H2,1H3,(H2,15,17). The van der Waals surface area contributed by atoms with Gasteiger partial charge in [0.2, 0.25) is 0 Å². The van der Waals surface area contributed by atoms with Crippen LogP contribution in [-0.2, 0) is 0 Å². The van der Waals surface area contributed by atoms with Crippen molar-refractivity contribution in [1.82, 2.24) is 9.97 Å². The molecule has 0 atom stereocenters. The minimum atomic E-state index is 0.105. The van der Waals surface area contributed by atoms with E-state index >= 15 is 0 Å². The molecule has 0 aromatic carbocycles. The first-order valence-electron chi connectivity index (χ1n) is 6.60. The lowest BCUT2D eigenvalue weighted by Crippen LogP contribution is -2.02. The number of nitrogens with two attached hydrogens (primary N) is 1. The molecule has 6 heteroatoms. The fraction of sp³-hybridized carbons (Fsp3) is 0.615. The Morgan fingerprint density at radius 1 is 1.21 bits per heavy atom. The fourth-order valence-corrected chi connectivity index (χ4v) is 2.82. The molecule has 0 aliphatic rings. The molecule has 0 unspecified atom stereocenters. The van der Waals surface area contributed by atoms with Crippen LogP contribution in [0.4, 0.5) is 5.82 Å². The topological polar surface area (TPSA) is 68.9 Å². The number of aromatic nitrogens is 2. The Morgan fingerprint density at radius 3 is 2.58 bits per heavy atom. The average Bonchev–Trinajstić information content (AvgIpc) is 2.41. The second-order valence-electron chi connectivity index (χ2n) is 4.32. The lowest BCUT2D eigenvalue weighted by atomic mass is 10.1. The second-order valence-corrected chi connectivity index (χ2v) is 5.77. The van der Waals surface area contributed by atoms with Crippen molar-refractivity contribution >= 4 is 35.5 Å². The molecule has 1 heterocycles. The molecule has 106 valence electrons. The van der Waals surface area contributed by atoms with E-state index in [-0.39, 0.29) is 16.7 Å². The maximum absolute atomic E-state index is 10.6. The normalized spacial score (nSPS) is 10.6. The van der Waals surface area contributed by atoms with E-state index in [0.29, 0.717) is 11.3 Å². The molecular weight excluding hydrogens is 282 g/mol. The van der Waals surface area contributed by atoms with Gasteiger partial charge in [0.15, 0.2) is 17.3 Å². The fourth-order valence-electron chi connectivity index (χ4n) is 1.65. The van der Waals surface area contributed by atoms with Crippen molar-refractivity contribution in [3.63, 3.8) is 0 Å². The van der Waals surface area contributed by atoms with Crippen LogP contribution in [0, 0.1) is 0 Å². The Morgan fingerprint density at radius 2 is 1.89 bits per heavy atom. The van der Waals surface area contributed by atoms with Crippen molar-refractivity contribution in [3.05, 3.63) is 10.8 Å². The highest BCUT2D eigenvalue weighted by Crippen LogP contribution is 2.26. The van der Waals surface area contributed by atoms with Crippen LogP contribution in [0.1, 0.15) is 55.9 Å². The first kappa shape index (κ1) is 16.2. The first-order valence-corrected chi connectivity index (χ1v) is 7.96. The van der Waals surface area contributed by atoms with E-state index < -0.39 is 0 Å². The van der Waals surface area contributed by atoms with E-state index in [1.165, 1.54) is 32.1 Å². The highest BCUT2D eigenvalue weighted by molar-refractivity contribution is 7.99. The summed E-state index contributed by atoms with van der Waals surface area (Å²) in [5.74, 6) is 1.09. The lowest BCUT2D eigenvalue weighted by Gasteiger charge is -2.05. The number of thioether (sulfide) groups is 1. The Bertz CT molecular complexity index is 415. The summed E-state index contributed by atoms with van der Waals surface area (Å²) in [5.41, 5.74) is 5.71. The number of hydrogen-bond acceptors (Lipinski definition) is 5. The number of unbranched alkanes of at least 4 members (excludes halogenated alkanes) is 5. The molecule has 0 amide bonds. The number of aldehydes is 1. The second kappa shape index (κ2) is 9.15. The van der Waals surface area contributed by atoms with Crippen molar-refractivity contribution in [1.29, 1.82) is 0 Å². The monoisotopic (exact) mass is 301 g/mol. The van der Waals surface area contributed by atoms with Gasteiger partial charge in [0.25, 0.3) is 0 Å². The molecule has 1 rings (SSSR count). The highest BCUT2D eigenvalue weighted by atomic mass is 35.5. The summed E-state index contributed by atoms with van der Waals surface area (Å²) in [7, 11) is 0. The molecule has 2 N–H and O–H groups in total. The Kier molecular flexibility index (Phi) is 7.82. The van der Waals surface area contributed by atoms with Crippen LogP contribution in [0.15, 0.2) is 5.03 Å². The number of hydrogen-bond donors (Lipinski definition) is 1. The minimum Gasteiger partial charge on any atom is -0.382 e. The molecule has 19 heavy (non-hydrogen) atoms. The minimum absolute atomic E-state index is 0.105. The zero-order valence-corrected chi connectivity index (χ0v) is 12.8. The molecule has 1 aromatic heterocycles. The van der Waals surface area contributed by atoms with Crippen molar-refractivity contribution in [2.45, 2.75) is 50.5 Å². The molecule has 0 spiro atoms. The van der Waals surface area contributed by atoms with Crippen LogP contribution in [0.3, 0.4) is 0 Å². The molecule has 0 saturated heterocycles. The number of nitrogen functional groups attached to an aromatic ring is 1. The van der Waals surface area contributed by atoms with Gasteiger partial charge >= 0.3 is 0 Å². The predicted octanol–water partition coefficient (Wildman–Crippen LogP) is 3.98. The summed E-state index contributed by atoms with van der Waals surface area (Å²) < 4.78 is 0. The molecule has 0 aliphatic carbocycles. The van der Waals surface area contributed by atoms with Crippen LogP contribution in [0.5, 0.6) is 0 Å². The van der Waals surface area contributed by atoms with Gasteiger partial charge in [-0.05, 0) is 12.2 Å².